The van der Waals surface area contributed by atoms with Crippen molar-refractivity contribution in [3.05, 3.63) is 48.0 Å². The van der Waals surface area contributed by atoms with Gasteiger partial charge in [0.05, 0.1) is 24.5 Å². The normalized spacial score (nSPS) is 19.1. The zero-order chi connectivity index (χ0) is 42.7. The quantitative estimate of drug-likeness (QED) is 0.0758. The molecule has 0 spiro atoms. The maximum absolute atomic E-state index is 13.9. The average Bonchev–Trinajstić information content (AvgIpc) is 3.97. The number of amides is 7. The summed E-state index contributed by atoms with van der Waals surface area (Å²) in [6.07, 6.45) is 3.83. The van der Waals surface area contributed by atoms with Crippen molar-refractivity contribution < 1.29 is 48.6 Å². The summed E-state index contributed by atoms with van der Waals surface area (Å²) in [6.45, 7) is 5.35. The highest BCUT2D eigenvalue weighted by atomic mass is 16.4. The number of carboxylic acid groups (broad SMARTS) is 1. The largest absolute Gasteiger partial charge is 0.508 e. The summed E-state index contributed by atoms with van der Waals surface area (Å²) in [4.78, 5) is 115. The third kappa shape index (κ3) is 12.2. The fourth-order valence-corrected chi connectivity index (χ4v) is 7.11. The number of primary amides is 1. The molecule has 4 rings (SSSR count). The first-order chi connectivity index (χ1) is 27.4. The molecule has 0 bridgehead atoms. The molecule has 0 unspecified atom stereocenters. The Labute approximate surface area is 335 Å². The second-order valence-electron chi connectivity index (χ2n) is 15.2. The van der Waals surface area contributed by atoms with Crippen LogP contribution in [0.25, 0.3) is 0 Å². The summed E-state index contributed by atoms with van der Waals surface area (Å²) in [5.41, 5.74) is 12.6. The van der Waals surface area contributed by atoms with Crippen LogP contribution in [-0.4, -0.2) is 133 Å². The molecule has 3 heterocycles. The molecule has 0 aliphatic carbocycles. The van der Waals surface area contributed by atoms with Crippen molar-refractivity contribution in [2.24, 2.45) is 17.4 Å². The van der Waals surface area contributed by atoms with Crippen LogP contribution in [-0.2, 0) is 51.2 Å². The van der Waals surface area contributed by atoms with Gasteiger partial charge in [-0.05, 0) is 69.1 Å². The second kappa shape index (κ2) is 20.4. The number of hydrogen-bond donors (Lipinski definition) is 9. The van der Waals surface area contributed by atoms with Gasteiger partial charge >= 0.3 is 5.97 Å². The number of aromatic hydroxyl groups is 1. The van der Waals surface area contributed by atoms with Gasteiger partial charge in [-0.15, -0.1) is 0 Å². The average molecular weight is 811 g/mol. The van der Waals surface area contributed by atoms with Gasteiger partial charge in [-0.25, -0.2) is 9.78 Å². The number of nitrogens with one attached hydrogen (secondary N) is 5. The standard InChI is InChI=1S/C38H54N10O10/c1-20(2)14-27(36(55)48-13-5-7-30(48)38(57)58)46-34(53)26(16-23-18-41-19-42-23)44-35(54)29-6-4-12-47(29)37(56)28(17-31(40)50)45-32(51)21(3)43-33(52)25(39)15-22-8-10-24(49)11-9-22/h8-11,18-21,25-30,49H,4-7,12-17,39H2,1-3H3,(H2,40,50)(H,41,42)(H,43,52)(H,44,54)(H,45,51)(H,46,53)(H,57,58)/t21-,25-,26-,27-,28-,29-,30-/m0/s1. The number of phenolic OH excluding ortho intramolecular Hbond substituents is 1. The maximum Gasteiger partial charge on any atom is 0.326 e. The van der Waals surface area contributed by atoms with Gasteiger partial charge < -0.3 is 57.7 Å². The Morgan fingerprint density at radius 3 is 2.00 bits per heavy atom. The van der Waals surface area contributed by atoms with E-state index in [9.17, 15) is 48.6 Å². The topological polar surface area (TPSA) is 312 Å². The zero-order valence-corrected chi connectivity index (χ0v) is 32.8. The number of hydrogen-bond acceptors (Lipinski definition) is 11. The minimum absolute atomic E-state index is 0.0437. The number of aromatic nitrogens is 2. The number of carboxylic acids is 1. The van der Waals surface area contributed by atoms with Crippen molar-refractivity contribution in [2.45, 2.75) is 114 Å². The molecule has 1 aromatic carbocycles. The van der Waals surface area contributed by atoms with Crippen molar-refractivity contribution in [3.8, 4) is 5.75 Å². The number of rotatable bonds is 19. The van der Waals surface area contributed by atoms with Crippen LogP contribution in [0.3, 0.4) is 0 Å². The molecule has 20 nitrogen and oxygen atoms in total. The smallest absolute Gasteiger partial charge is 0.326 e. The molecule has 2 aliphatic heterocycles. The number of aliphatic carboxylic acids is 1. The number of carbonyl (C=O) groups is 8. The van der Waals surface area contributed by atoms with Crippen LogP contribution in [0, 0.1) is 5.92 Å². The molecular weight excluding hydrogens is 756 g/mol. The molecule has 0 saturated carbocycles. The number of nitrogens with zero attached hydrogens (tertiary/aromatic N) is 3. The SMILES string of the molecule is CC(C)C[C@H](NC(=O)[C@H](Cc1c[nH]cn1)NC(=O)[C@@H]1CCCN1C(=O)[C@H](CC(N)=O)NC(=O)[C@H](C)NC(=O)[C@@H](N)Cc1ccc(O)cc1)C(=O)N1CCC[C@H]1C(=O)O. The lowest BCUT2D eigenvalue weighted by Gasteiger charge is -2.31. The van der Waals surface area contributed by atoms with Gasteiger partial charge in [0.25, 0.3) is 0 Å². The fourth-order valence-electron chi connectivity index (χ4n) is 7.11. The lowest BCUT2D eigenvalue weighted by Crippen LogP contribution is -2.60. The van der Waals surface area contributed by atoms with Crippen LogP contribution >= 0.6 is 0 Å². The van der Waals surface area contributed by atoms with E-state index < -0.39 is 96.0 Å². The van der Waals surface area contributed by atoms with E-state index in [4.69, 9.17) is 11.5 Å². The number of phenols is 1. The van der Waals surface area contributed by atoms with Crippen LogP contribution in [0.5, 0.6) is 5.75 Å². The predicted octanol–water partition coefficient (Wildman–Crippen LogP) is -1.82. The maximum atomic E-state index is 13.9. The van der Waals surface area contributed by atoms with E-state index in [1.54, 1.807) is 12.1 Å². The third-order valence-electron chi connectivity index (χ3n) is 10.1. The Bertz CT molecular complexity index is 1800. The molecule has 7 amide bonds. The van der Waals surface area contributed by atoms with Gasteiger partial charge in [-0.1, -0.05) is 26.0 Å². The second-order valence-corrected chi connectivity index (χ2v) is 15.2. The molecule has 2 aliphatic rings. The summed E-state index contributed by atoms with van der Waals surface area (Å²) in [5, 5.41) is 29.5. The van der Waals surface area contributed by atoms with Crippen molar-refractivity contribution in [1.29, 1.82) is 0 Å². The number of likely N-dealkylation sites (tertiary alicyclic amines) is 2. The van der Waals surface area contributed by atoms with Crippen molar-refractivity contribution >= 4 is 47.3 Å². The summed E-state index contributed by atoms with van der Waals surface area (Å²) in [7, 11) is 0. The summed E-state index contributed by atoms with van der Waals surface area (Å²) in [6, 6.07) is -2.19. The Morgan fingerprint density at radius 2 is 1.41 bits per heavy atom. The molecule has 58 heavy (non-hydrogen) atoms. The van der Waals surface area contributed by atoms with Gasteiger partial charge in [-0.2, -0.15) is 0 Å². The number of imidazole rings is 1. The first-order valence-corrected chi connectivity index (χ1v) is 19.3. The number of H-pyrrole nitrogens is 1. The predicted molar refractivity (Wildman–Crippen MR) is 206 cm³/mol. The summed E-state index contributed by atoms with van der Waals surface area (Å²) < 4.78 is 0. The Morgan fingerprint density at radius 1 is 0.810 bits per heavy atom. The molecular formula is C38H54N10O10. The third-order valence-corrected chi connectivity index (χ3v) is 10.1. The minimum Gasteiger partial charge on any atom is -0.508 e. The number of benzene rings is 1. The molecule has 0 radical (unpaired) electrons. The van der Waals surface area contributed by atoms with Crippen LogP contribution in [0.2, 0.25) is 0 Å². The molecule has 20 heteroatoms. The van der Waals surface area contributed by atoms with Crippen LogP contribution < -0.4 is 32.7 Å². The summed E-state index contributed by atoms with van der Waals surface area (Å²) in [5.74, 6) is -6.35. The van der Waals surface area contributed by atoms with Gasteiger partial charge in [0, 0.05) is 25.7 Å². The van der Waals surface area contributed by atoms with E-state index in [0.29, 0.717) is 24.1 Å². The van der Waals surface area contributed by atoms with Crippen molar-refractivity contribution in [2.75, 3.05) is 13.1 Å². The monoisotopic (exact) mass is 810 g/mol. The van der Waals surface area contributed by atoms with E-state index in [2.05, 4.69) is 31.2 Å². The van der Waals surface area contributed by atoms with E-state index in [0.717, 1.165) is 0 Å². The lowest BCUT2D eigenvalue weighted by atomic mass is 10.0. The Hall–Kier alpha value is -6.05. The fraction of sp³-hybridized carbons (Fsp3) is 0.553. The molecule has 11 N–H and O–H groups in total. The van der Waals surface area contributed by atoms with Gasteiger partial charge in [-0.3, -0.25) is 33.6 Å². The van der Waals surface area contributed by atoms with Crippen LogP contribution in [0.4, 0.5) is 0 Å². The van der Waals surface area contributed by atoms with E-state index in [1.807, 2.05) is 13.8 Å². The molecule has 2 saturated heterocycles. The van der Waals surface area contributed by atoms with Gasteiger partial charge in [0.2, 0.25) is 41.4 Å². The van der Waals surface area contributed by atoms with Crippen LogP contribution in [0.1, 0.15) is 70.6 Å². The van der Waals surface area contributed by atoms with E-state index >= 15 is 0 Å². The highest BCUT2D eigenvalue weighted by Gasteiger charge is 2.41. The molecule has 2 fully saturated rings. The van der Waals surface area contributed by atoms with E-state index in [-0.39, 0.29) is 56.9 Å². The molecule has 316 valence electrons. The van der Waals surface area contributed by atoms with E-state index in [1.165, 1.54) is 41.4 Å². The first kappa shape index (κ1) is 44.7. The first-order valence-electron chi connectivity index (χ1n) is 19.3. The van der Waals surface area contributed by atoms with Crippen molar-refractivity contribution in [1.82, 2.24) is 41.0 Å². The Balaban J connectivity index is 1.45. The molecule has 2 aromatic rings. The van der Waals surface area contributed by atoms with Crippen LogP contribution in [0.15, 0.2) is 36.8 Å². The zero-order valence-electron chi connectivity index (χ0n) is 32.8. The van der Waals surface area contributed by atoms with Crippen molar-refractivity contribution in [3.63, 3.8) is 0 Å². The minimum atomic E-state index is -1.51. The molecule has 7 atom stereocenters. The van der Waals surface area contributed by atoms with Gasteiger partial charge in [0.15, 0.2) is 0 Å². The van der Waals surface area contributed by atoms with Gasteiger partial charge in [0.1, 0.15) is 42.0 Å². The number of aromatic amines is 1. The number of carbonyl (C=O) groups excluding carboxylic acids is 7. The lowest BCUT2D eigenvalue weighted by molar-refractivity contribution is -0.149. The highest BCUT2D eigenvalue weighted by molar-refractivity contribution is 5.98. The number of nitrogens with two attached hydrogens (primary N) is 2. The Kier molecular flexibility index (Phi) is 15.7. The summed E-state index contributed by atoms with van der Waals surface area (Å²) >= 11 is 0. The highest BCUT2D eigenvalue weighted by Crippen LogP contribution is 2.22. The molecule has 1 aromatic heterocycles.